The fourth-order valence-corrected chi connectivity index (χ4v) is 1.99. The van der Waals surface area contributed by atoms with Crippen molar-refractivity contribution in [3.05, 3.63) is 0 Å². The maximum absolute atomic E-state index is 11.7. The molecule has 1 aliphatic heterocycles. The van der Waals surface area contributed by atoms with Gasteiger partial charge in [-0.05, 0) is 6.42 Å². The third-order valence-corrected chi connectivity index (χ3v) is 2.93. The zero-order chi connectivity index (χ0) is 12.1. The smallest absolute Gasteiger partial charge is 0.310 e. The molecule has 5 heteroatoms. The first kappa shape index (κ1) is 12.5. The summed E-state index contributed by atoms with van der Waals surface area (Å²) in [6.07, 6.45) is 1.25. The Bertz CT molecular complexity index is 322. The molecule has 1 heterocycles. The molecule has 88 valence electrons. The Labute approximate surface area is 95.0 Å². The molecular weight excluding hydrogens is 208 g/mol. The Hall–Kier alpha value is -1.57. The molecular formula is C11H16N2O3. The van der Waals surface area contributed by atoms with Gasteiger partial charge >= 0.3 is 5.97 Å². The van der Waals surface area contributed by atoms with Crippen molar-refractivity contribution in [3.63, 3.8) is 0 Å². The molecule has 0 aromatic heterocycles. The second-order valence-electron chi connectivity index (χ2n) is 3.89. The van der Waals surface area contributed by atoms with E-state index in [4.69, 9.17) is 5.26 Å². The Morgan fingerprint density at radius 1 is 1.75 bits per heavy atom. The maximum atomic E-state index is 11.7. The number of nitrogens with zero attached hydrogens (tertiary/aromatic N) is 2. The lowest BCUT2D eigenvalue weighted by Gasteiger charge is -2.24. The molecule has 0 aromatic rings. The first-order valence-corrected chi connectivity index (χ1v) is 5.38. The molecule has 0 N–H and O–H groups in total. The van der Waals surface area contributed by atoms with Crippen molar-refractivity contribution >= 4 is 11.9 Å². The van der Waals surface area contributed by atoms with Crippen LogP contribution in [0.15, 0.2) is 0 Å². The van der Waals surface area contributed by atoms with Gasteiger partial charge in [-0.2, -0.15) is 5.26 Å². The van der Waals surface area contributed by atoms with E-state index in [0.29, 0.717) is 13.0 Å². The Balaban J connectivity index is 2.67. The lowest BCUT2D eigenvalue weighted by Crippen LogP contribution is -2.36. The van der Waals surface area contributed by atoms with Crippen molar-refractivity contribution in [2.75, 3.05) is 13.7 Å². The normalized spacial score (nSPS) is 21.7. The van der Waals surface area contributed by atoms with Gasteiger partial charge in [0.1, 0.15) is 0 Å². The van der Waals surface area contributed by atoms with Gasteiger partial charge in [0.05, 0.1) is 25.5 Å². The zero-order valence-electron chi connectivity index (χ0n) is 9.60. The lowest BCUT2D eigenvalue weighted by atomic mass is 10.1. The quantitative estimate of drug-likeness (QED) is 0.659. The van der Waals surface area contributed by atoms with Gasteiger partial charge in [0.15, 0.2) is 0 Å². The number of hydrogen-bond acceptors (Lipinski definition) is 4. The van der Waals surface area contributed by atoms with Crippen molar-refractivity contribution < 1.29 is 14.3 Å². The first-order chi connectivity index (χ1) is 7.63. The Morgan fingerprint density at radius 3 is 2.94 bits per heavy atom. The maximum Gasteiger partial charge on any atom is 0.310 e. The minimum absolute atomic E-state index is 0.0579. The van der Waals surface area contributed by atoms with Crippen LogP contribution in [-0.4, -0.2) is 36.5 Å². The van der Waals surface area contributed by atoms with E-state index in [9.17, 15) is 9.59 Å². The fraction of sp³-hybridized carbons (Fsp3) is 0.727. The van der Waals surface area contributed by atoms with Crippen molar-refractivity contribution in [1.29, 1.82) is 5.26 Å². The Kier molecular flexibility index (Phi) is 4.29. The van der Waals surface area contributed by atoms with Crippen LogP contribution in [-0.2, 0) is 14.3 Å². The average molecular weight is 224 g/mol. The summed E-state index contributed by atoms with van der Waals surface area (Å²) in [5, 5.41) is 8.66. The molecule has 0 aromatic carbocycles. The summed E-state index contributed by atoms with van der Waals surface area (Å²) in [6.45, 7) is 2.31. The van der Waals surface area contributed by atoms with Crippen LogP contribution in [0.5, 0.6) is 0 Å². The number of carbonyl (C=O) groups excluding carboxylic acids is 2. The molecule has 1 aliphatic rings. The molecule has 1 saturated heterocycles. The number of amides is 1. The van der Waals surface area contributed by atoms with E-state index in [1.807, 2.05) is 6.92 Å². The summed E-state index contributed by atoms with van der Waals surface area (Å²) >= 11 is 0. The summed E-state index contributed by atoms with van der Waals surface area (Å²) in [5.74, 6) is -0.773. The monoisotopic (exact) mass is 224 g/mol. The van der Waals surface area contributed by atoms with Crippen LogP contribution in [0.4, 0.5) is 0 Å². The first-order valence-electron chi connectivity index (χ1n) is 5.38. The molecule has 16 heavy (non-hydrogen) atoms. The van der Waals surface area contributed by atoms with Crippen LogP contribution in [0.1, 0.15) is 26.2 Å². The van der Waals surface area contributed by atoms with E-state index in [1.165, 1.54) is 7.11 Å². The number of carbonyl (C=O) groups is 2. The predicted octanol–water partition coefficient (Wildman–Crippen LogP) is 0.700. The van der Waals surface area contributed by atoms with Crippen LogP contribution in [0.3, 0.4) is 0 Å². The van der Waals surface area contributed by atoms with Crippen LogP contribution in [0, 0.1) is 17.2 Å². The average Bonchev–Trinajstić information content (AvgIpc) is 2.67. The minimum Gasteiger partial charge on any atom is -0.469 e. The van der Waals surface area contributed by atoms with Crippen molar-refractivity contribution in [2.45, 2.75) is 32.2 Å². The van der Waals surface area contributed by atoms with Crippen LogP contribution < -0.4 is 0 Å². The molecule has 5 nitrogen and oxygen atoms in total. The summed E-state index contributed by atoms with van der Waals surface area (Å²) < 4.78 is 4.62. The number of esters is 1. The van der Waals surface area contributed by atoms with Gasteiger partial charge < -0.3 is 9.64 Å². The second kappa shape index (κ2) is 5.50. The molecule has 0 bridgehead atoms. The van der Waals surface area contributed by atoms with Gasteiger partial charge in [-0.3, -0.25) is 9.59 Å². The highest BCUT2D eigenvalue weighted by atomic mass is 16.5. The summed E-state index contributed by atoms with van der Waals surface area (Å²) in [5.41, 5.74) is 0. The van der Waals surface area contributed by atoms with Gasteiger partial charge in [0, 0.05) is 19.0 Å². The number of ether oxygens (including phenoxy) is 1. The van der Waals surface area contributed by atoms with E-state index in [0.717, 1.165) is 6.42 Å². The molecule has 0 saturated carbocycles. The molecule has 0 spiro atoms. The van der Waals surface area contributed by atoms with Crippen LogP contribution in [0.25, 0.3) is 0 Å². The fourth-order valence-electron chi connectivity index (χ4n) is 1.99. The van der Waals surface area contributed by atoms with Crippen molar-refractivity contribution in [2.24, 2.45) is 5.92 Å². The molecule has 1 amide bonds. The third-order valence-electron chi connectivity index (χ3n) is 2.93. The molecule has 2 unspecified atom stereocenters. The predicted molar refractivity (Wildman–Crippen MR) is 56.1 cm³/mol. The number of likely N-dealkylation sites (tertiary alicyclic amines) is 1. The van der Waals surface area contributed by atoms with Gasteiger partial charge in [-0.15, -0.1) is 0 Å². The second-order valence-corrected chi connectivity index (χ2v) is 3.89. The van der Waals surface area contributed by atoms with Gasteiger partial charge in [0.2, 0.25) is 5.91 Å². The lowest BCUT2D eigenvalue weighted by molar-refractivity contribution is -0.145. The highest BCUT2D eigenvalue weighted by molar-refractivity contribution is 5.87. The van der Waals surface area contributed by atoms with Crippen LogP contribution >= 0.6 is 0 Å². The third kappa shape index (κ3) is 2.51. The van der Waals surface area contributed by atoms with Gasteiger partial charge in [-0.1, -0.05) is 6.92 Å². The summed E-state index contributed by atoms with van der Waals surface area (Å²) in [4.78, 5) is 24.6. The van der Waals surface area contributed by atoms with Crippen molar-refractivity contribution in [1.82, 2.24) is 4.90 Å². The highest BCUT2D eigenvalue weighted by Gasteiger charge is 2.37. The summed E-state index contributed by atoms with van der Waals surface area (Å²) in [6, 6.07) is 1.99. The molecule has 0 radical (unpaired) electrons. The SMILES string of the molecule is CCC(CC#N)N1CC(C(=O)OC)CC1=O. The minimum atomic E-state index is -0.370. The zero-order valence-corrected chi connectivity index (χ0v) is 9.60. The number of hydrogen-bond donors (Lipinski definition) is 0. The Morgan fingerprint density at radius 2 is 2.44 bits per heavy atom. The largest absolute Gasteiger partial charge is 0.469 e. The number of rotatable bonds is 4. The molecule has 1 fully saturated rings. The molecule has 2 atom stereocenters. The van der Waals surface area contributed by atoms with E-state index in [2.05, 4.69) is 10.8 Å². The van der Waals surface area contributed by atoms with Crippen molar-refractivity contribution in [3.8, 4) is 6.07 Å². The highest BCUT2D eigenvalue weighted by Crippen LogP contribution is 2.23. The van der Waals surface area contributed by atoms with Crippen LogP contribution in [0.2, 0.25) is 0 Å². The number of methoxy groups -OCH3 is 1. The summed E-state index contributed by atoms with van der Waals surface area (Å²) in [7, 11) is 1.32. The van der Waals surface area contributed by atoms with E-state index < -0.39 is 0 Å². The van der Waals surface area contributed by atoms with Gasteiger partial charge in [-0.25, -0.2) is 0 Å². The number of nitriles is 1. The standard InChI is InChI=1S/C11H16N2O3/c1-3-9(4-5-12)13-7-8(6-10(13)14)11(15)16-2/h8-9H,3-4,6-7H2,1-2H3. The van der Waals surface area contributed by atoms with Gasteiger partial charge in [0.25, 0.3) is 0 Å². The van der Waals surface area contributed by atoms with E-state index in [-0.39, 0.29) is 30.3 Å². The topological polar surface area (TPSA) is 70.4 Å². The molecule has 1 rings (SSSR count). The van der Waals surface area contributed by atoms with E-state index in [1.54, 1.807) is 4.90 Å². The molecule has 0 aliphatic carbocycles. The van der Waals surface area contributed by atoms with E-state index >= 15 is 0 Å².